The summed E-state index contributed by atoms with van der Waals surface area (Å²) in [6.45, 7) is 2.72. The van der Waals surface area contributed by atoms with Crippen LogP contribution in [0.15, 0.2) is 18.2 Å². The second kappa shape index (κ2) is 4.21. The molecule has 3 rings (SSSR count). The van der Waals surface area contributed by atoms with Crippen LogP contribution in [0.25, 0.3) is 0 Å². The third-order valence-corrected chi connectivity index (χ3v) is 3.91. The first-order chi connectivity index (χ1) is 8.58. The summed E-state index contributed by atoms with van der Waals surface area (Å²) in [4.78, 5) is 0. The summed E-state index contributed by atoms with van der Waals surface area (Å²) in [5.41, 5.74) is 6.83. The van der Waals surface area contributed by atoms with Crippen molar-refractivity contribution in [2.24, 2.45) is 5.73 Å². The topological polar surface area (TPSA) is 44.5 Å². The Labute approximate surface area is 106 Å². The second-order valence-electron chi connectivity index (χ2n) is 5.41. The molecular formula is C14H18FNO2. The highest BCUT2D eigenvalue weighted by molar-refractivity contribution is 5.39. The molecule has 0 saturated carbocycles. The van der Waals surface area contributed by atoms with Crippen LogP contribution in [-0.2, 0) is 4.74 Å². The molecule has 1 aromatic rings. The normalized spacial score (nSPS) is 35.1. The lowest BCUT2D eigenvalue weighted by atomic mass is 9.80. The Morgan fingerprint density at radius 2 is 2.22 bits per heavy atom. The lowest BCUT2D eigenvalue weighted by Gasteiger charge is -2.45. The van der Waals surface area contributed by atoms with Gasteiger partial charge in [0.1, 0.15) is 17.2 Å². The third-order valence-electron chi connectivity index (χ3n) is 3.91. The zero-order valence-corrected chi connectivity index (χ0v) is 10.5. The number of hydrogen-bond donors (Lipinski definition) is 1. The van der Waals surface area contributed by atoms with Gasteiger partial charge < -0.3 is 15.2 Å². The van der Waals surface area contributed by atoms with E-state index in [9.17, 15) is 4.39 Å². The molecule has 18 heavy (non-hydrogen) atoms. The van der Waals surface area contributed by atoms with E-state index in [0.29, 0.717) is 12.4 Å². The molecule has 3 nitrogen and oxygen atoms in total. The minimum atomic E-state index is -0.280. The first-order valence-electron chi connectivity index (χ1n) is 6.44. The maximum atomic E-state index is 13.3. The number of halogens is 1. The highest BCUT2D eigenvalue weighted by atomic mass is 19.1. The van der Waals surface area contributed by atoms with Crippen LogP contribution in [-0.4, -0.2) is 18.3 Å². The molecule has 0 radical (unpaired) electrons. The van der Waals surface area contributed by atoms with Gasteiger partial charge in [-0.15, -0.1) is 0 Å². The molecule has 0 amide bonds. The van der Waals surface area contributed by atoms with Gasteiger partial charge >= 0.3 is 0 Å². The fourth-order valence-electron chi connectivity index (χ4n) is 3.10. The van der Waals surface area contributed by atoms with Crippen LogP contribution in [0.2, 0.25) is 0 Å². The van der Waals surface area contributed by atoms with Gasteiger partial charge in [-0.3, -0.25) is 0 Å². The van der Waals surface area contributed by atoms with E-state index in [1.54, 1.807) is 6.07 Å². The van der Waals surface area contributed by atoms with E-state index in [2.05, 4.69) is 0 Å². The van der Waals surface area contributed by atoms with Gasteiger partial charge in [0, 0.05) is 36.9 Å². The molecule has 0 aliphatic carbocycles. The first kappa shape index (κ1) is 11.9. The first-order valence-corrected chi connectivity index (χ1v) is 6.44. The van der Waals surface area contributed by atoms with Gasteiger partial charge in [-0.1, -0.05) is 6.07 Å². The van der Waals surface area contributed by atoms with Crippen molar-refractivity contribution in [1.82, 2.24) is 0 Å². The Morgan fingerprint density at radius 1 is 1.39 bits per heavy atom. The molecule has 2 aliphatic heterocycles. The lowest BCUT2D eigenvalue weighted by molar-refractivity contribution is -0.0950. The molecule has 1 saturated heterocycles. The van der Waals surface area contributed by atoms with Gasteiger partial charge in [-0.2, -0.15) is 0 Å². The minimum absolute atomic E-state index is 0.0837. The highest BCUT2D eigenvalue weighted by Gasteiger charge is 2.43. The summed E-state index contributed by atoms with van der Waals surface area (Å²) in [6.07, 6.45) is 2.58. The van der Waals surface area contributed by atoms with Crippen molar-refractivity contribution in [3.8, 4) is 5.75 Å². The average molecular weight is 251 g/mol. The standard InChI is InChI=1S/C14H18FNO2/c1-9-7-14(4-5-17-9)8-12(16)11-3-2-10(15)6-13(11)18-14/h2-3,6,9,12H,4-5,7-8,16H2,1H3/t9?,12-,14?/m1/s1. The highest BCUT2D eigenvalue weighted by Crippen LogP contribution is 2.44. The predicted octanol–water partition coefficient (Wildman–Crippen LogP) is 2.55. The fraction of sp³-hybridized carbons (Fsp3) is 0.571. The number of ether oxygens (including phenoxy) is 2. The van der Waals surface area contributed by atoms with Gasteiger partial charge in [-0.25, -0.2) is 4.39 Å². The Morgan fingerprint density at radius 3 is 3.00 bits per heavy atom. The van der Waals surface area contributed by atoms with Gasteiger partial charge in [0.05, 0.1) is 12.7 Å². The molecular weight excluding hydrogens is 233 g/mol. The van der Waals surface area contributed by atoms with Crippen LogP contribution < -0.4 is 10.5 Å². The van der Waals surface area contributed by atoms with Crippen molar-refractivity contribution in [2.45, 2.75) is 43.9 Å². The second-order valence-corrected chi connectivity index (χ2v) is 5.41. The summed E-state index contributed by atoms with van der Waals surface area (Å²) in [5, 5.41) is 0. The summed E-state index contributed by atoms with van der Waals surface area (Å²) in [7, 11) is 0. The van der Waals surface area contributed by atoms with Crippen LogP contribution in [0.4, 0.5) is 4.39 Å². The van der Waals surface area contributed by atoms with E-state index in [0.717, 1.165) is 24.8 Å². The summed E-state index contributed by atoms with van der Waals surface area (Å²) in [5.74, 6) is 0.320. The molecule has 3 atom stereocenters. The Hall–Kier alpha value is -1.13. The number of benzene rings is 1. The monoisotopic (exact) mass is 251 g/mol. The number of hydrogen-bond acceptors (Lipinski definition) is 3. The molecule has 4 heteroatoms. The molecule has 2 unspecified atom stereocenters. The van der Waals surface area contributed by atoms with Crippen LogP contribution >= 0.6 is 0 Å². The van der Waals surface area contributed by atoms with Crippen molar-refractivity contribution >= 4 is 0 Å². The lowest BCUT2D eigenvalue weighted by Crippen LogP contribution is -2.49. The quantitative estimate of drug-likeness (QED) is 0.770. The average Bonchev–Trinajstić information content (AvgIpc) is 2.27. The van der Waals surface area contributed by atoms with Crippen LogP contribution in [0, 0.1) is 5.82 Å². The van der Waals surface area contributed by atoms with Gasteiger partial charge in [0.2, 0.25) is 0 Å². The van der Waals surface area contributed by atoms with Crippen molar-refractivity contribution in [2.75, 3.05) is 6.61 Å². The zero-order chi connectivity index (χ0) is 12.8. The van der Waals surface area contributed by atoms with Crippen LogP contribution in [0.1, 0.15) is 37.8 Å². The Balaban J connectivity index is 1.94. The molecule has 2 heterocycles. The van der Waals surface area contributed by atoms with Crippen molar-refractivity contribution in [1.29, 1.82) is 0 Å². The SMILES string of the molecule is CC1CC2(CCO1)C[C@@H](N)c1ccc(F)cc1O2. The third kappa shape index (κ3) is 1.99. The summed E-state index contributed by atoms with van der Waals surface area (Å²) in [6, 6.07) is 4.52. The minimum Gasteiger partial charge on any atom is -0.487 e. The smallest absolute Gasteiger partial charge is 0.127 e. The van der Waals surface area contributed by atoms with E-state index in [-0.39, 0.29) is 23.6 Å². The molecule has 1 spiro atoms. The number of rotatable bonds is 0. The Bertz CT molecular complexity index is 465. The van der Waals surface area contributed by atoms with Crippen LogP contribution in [0.3, 0.4) is 0 Å². The number of fused-ring (bicyclic) bond motifs is 1. The Kier molecular flexibility index (Phi) is 2.79. The maximum Gasteiger partial charge on any atom is 0.127 e. The fourth-order valence-corrected chi connectivity index (χ4v) is 3.10. The van der Waals surface area contributed by atoms with Gasteiger partial charge in [-0.05, 0) is 13.0 Å². The van der Waals surface area contributed by atoms with E-state index in [1.807, 2.05) is 6.92 Å². The largest absolute Gasteiger partial charge is 0.487 e. The maximum absolute atomic E-state index is 13.3. The molecule has 1 fully saturated rings. The summed E-state index contributed by atoms with van der Waals surface area (Å²) >= 11 is 0. The summed E-state index contributed by atoms with van der Waals surface area (Å²) < 4.78 is 24.9. The van der Waals surface area contributed by atoms with Crippen molar-refractivity contribution < 1.29 is 13.9 Å². The van der Waals surface area contributed by atoms with E-state index < -0.39 is 0 Å². The molecule has 0 aromatic heterocycles. The number of nitrogens with two attached hydrogens (primary N) is 1. The van der Waals surface area contributed by atoms with Gasteiger partial charge in [0.15, 0.2) is 0 Å². The van der Waals surface area contributed by atoms with Crippen molar-refractivity contribution in [3.05, 3.63) is 29.6 Å². The molecule has 2 N–H and O–H groups in total. The predicted molar refractivity (Wildman–Crippen MR) is 66.0 cm³/mol. The molecule has 1 aromatic carbocycles. The van der Waals surface area contributed by atoms with E-state index in [4.69, 9.17) is 15.2 Å². The van der Waals surface area contributed by atoms with Crippen molar-refractivity contribution in [3.63, 3.8) is 0 Å². The van der Waals surface area contributed by atoms with Gasteiger partial charge in [0.25, 0.3) is 0 Å². The van der Waals surface area contributed by atoms with E-state index >= 15 is 0 Å². The molecule has 0 bridgehead atoms. The van der Waals surface area contributed by atoms with Crippen LogP contribution in [0.5, 0.6) is 5.75 Å². The zero-order valence-electron chi connectivity index (χ0n) is 10.5. The molecule has 98 valence electrons. The molecule has 2 aliphatic rings. The van der Waals surface area contributed by atoms with E-state index in [1.165, 1.54) is 12.1 Å².